The van der Waals surface area contributed by atoms with Gasteiger partial charge in [0.1, 0.15) is 23.6 Å². The number of amides is 7. The van der Waals surface area contributed by atoms with Crippen LogP contribution in [-0.4, -0.2) is 166 Å². The second-order valence-corrected chi connectivity index (χ2v) is 34.7. The molecule has 4 unspecified atom stereocenters. The van der Waals surface area contributed by atoms with Crippen molar-refractivity contribution in [3.8, 4) is 17.2 Å². The van der Waals surface area contributed by atoms with Crippen molar-refractivity contribution in [2.45, 2.75) is 168 Å². The van der Waals surface area contributed by atoms with Crippen molar-refractivity contribution in [3.05, 3.63) is 322 Å². The van der Waals surface area contributed by atoms with E-state index in [9.17, 15) is 33.6 Å². The summed E-state index contributed by atoms with van der Waals surface area (Å²) in [5.41, 5.74) is 9.68. The van der Waals surface area contributed by atoms with E-state index >= 15 is 0 Å². The molecule has 21 nitrogen and oxygen atoms in total. The van der Waals surface area contributed by atoms with Gasteiger partial charge in [0.05, 0.1) is 50.4 Å². The minimum atomic E-state index is -0.743. The average Bonchev–Trinajstić information content (AvgIpc) is 0.912. The monoisotopic (exact) mass is 1790 g/mol. The van der Waals surface area contributed by atoms with Gasteiger partial charge < -0.3 is 54.1 Å². The number of piperidine rings is 1. The maximum absolute atomic E-state index is 13.8. The first-order chi connectivity index (χ1) is 63.7. The van der Waals surface area contributed by atoms with Gasteiger partial charge in [0.25, 0.3) is 5.56 Å². The van der Waals surface area contributed by atoms with E-state index in [1.165, 1.54) is 16.3 Å². The summed E-state index contributed by atoms with van der Waals surface area (Å²) in [6.45, 7) is 22.4. The number of alkyl halides is 1. The summed E-state index contributed by atoms with van der Waals surface area (Å²) in [6, 6.07) is 86.2. The number of aromatic nitrogens is 2. The second kappa shape index (κ2) is 49.4. The summed E-state index contributed by atoms with van der Waals surface area (Å²) in [4.78, 5) is 108. The first-order valence-electron chi connectivity index (χ1n) is 46.2. The highest BCUT2D eigenvalue weighted by Gasteiger charge is 2.35. The van der Waals surface area contributed by atoms with E-state index in [1.54, 1.807) is 28.6 Å². The summed E-state index contributed by atoms with van der Waals surface area (Å²) >= 11 is 6.53. The molecule has 15 rings (SSSR count). The van der Waals surface area contributed by atoms with Crippen molar-refractivity contribution in [3.63, 3.8) is 0 Å². The Kier molecular flexibility index (Phi) is 36.7. The number of piperazine rings is 1. The summed E-state index contributed by atoms with van der Waals surface area (Å²) < 4.78 is 23.8. The van der Waals surface area contributed by atoms with Crippen LogP contribution in [-0.2, 0) is 63.0 Å². The zero-order chi connectivity index (χ0) is 92.5. The molecule has 3 fully saturated rings. The smallest absolute Gasteiger partial charge is 0.322 e. The number of fused-ring (bicyclic) bond motifs is 3. The number of para-hydroxylation sites is 2. The number of carbonyl (C=O) groups excluding carboxylic acids is 6. The van der Waals surface area contributed by atoms with Gasteiger partial charge in [-0.1, -0.05) is 234 Å². The van der Waals surface area contributed by atoms with Gasteiger partial charge >= 0.3 is 12.1 Å². The summed E-state index contributed by atoms with van der Waals surface area (Å²) in [5.74, 6) is 4.23. The van der Waals surface area contributed by atoms with Crippen molar-refractivity contribution in [1.82, 2.24) is 39.0 Å². The molecule has 1 saturated carbocycles. The van der Waals surface area contributed by atoms with Crippen LogP contribution < -0.4 is 30.4 Å². The molecule has 3 aliphatic rings. The minimum Gasteiger partial charge on any atom is -0.494 e. The lowest BCUT2D eigenvalue weighted by atomic mass is 9.96. The fraction of sp³-hybridized carbons (Fsp3) is 0.358. The highest BCUT2D eigenvalue weighted by molar-refractivity contribution is 6.30. The van der Waals surface area contributed by atoms with Crippen LogP contribution in [0.1, 0.15) is 162 Å². The molecule has 686 valence electrons. The van der Waals surface area contributed by atoms with Crippen molar-refractivity contribution >= 4 is 91.0 Å². The van der Waals surface area contributed by atoms with Gasteiger partial charge in [-0.25, -0.2) is 14.6 Å². The van der Waals surface area contributed by atoms with E-state index in [0.717, 1.165) is 144 Å². The van der Waals surface area contributed by atoms with E-state index in [2.05, 4.69) is 129 Å². The van der Waals surface area contributed by atoms with Gasteiger partial charge in [-0.05, 0) is 205 Å². The van der Waals surface area contributed by atoms with Crippen molar-refractivity contribution < 1.29 is 47.7 Å². The molecular weight excluding hydrogens is 1660 g/mol. The number of nitrogens with one attached hydrogen (secondary N) is 2. The first kappa shape index (κ1) is 97.4. The molecule has 2 N–H and O–H groups in total. The average molecular weight is 1790 g/mol. The number of benzene rings is 11. The Hall–Kier alpha value is -12.7. The van der Waals surface area contributed by atoms with E-state index in [-0.39, 0.29) is 65.9 Å². The molecule has 0 radical (unpaired) electrons. The van der Waals surface area contributed by atoms with Crippen molar-refractivity contribution in [1.29, 1.82) is 0 Å². The van der Waals surface area contributed by atoms with E-state index in [0.29, 0.717) is 107 Å². The number of ether oxygens (including phenoxy) is 4. The van der Waals surface area contributed by atoms with Crippen LogP contribution in [0.5, 0.6) is 17.2 Å². The first-order valence-corrected chi connectivity index (χ1v) is 46.7. The Morgan fingerprint density at radius 2 is 1.11 bits per heavy atom. The molecule has 12 aromatic rings. The third-order valence-electron chi connectivity index (χ3n) is 24.8. The molecule has 2 aliphatic heterocycles. The number of ketones is 1. The number of hydrogen-bond acceptors (Lipinski definition) is 13. The second-order valence-electron chi connectivity index (χ2n) is 34.2. The third kappa shape index (κ3) is 27.5. The number of rotatable bonds is 30. The molecule has 22 heteroatoms. The Bertz CT molecular complexity index is 5690. The van der Waals surface area contributed by atoms with Crippen LogP contribution in [0, 0.1) is 5.92 Å². The van der Waals surface area contributed by atoms with Crippen LogP contribution in [0.25, 0.3) is 32.4 Å². The fourth-order valence-electron chi connectivity index (χ4n) is 17.1. The van der Waals surface area contributed by atoms with Gasteiger partial charge in [-0.3, -0.25) is 33.4 Å². The van der Waals surface area contributed by atoms with Crippen molar-refractivity contribution in [2.24, 2.45) is 5.92 Å². The zero-order valence-electron chi connectivity index (χ0n) is 77.3. The van der Waals surface area contributed by atoms with Gasteiger partial charge in [0.2, 0.25) is 17.7 Å². The zero-order valence-corrected chi connectivity index (χ0v) is 78.0. The van der Waals surface area contributed by atoms with Crippen molar-refractivity contribution in [2.75, 3.05) is 90.4 Å². The molecule has 1 aliphatic carbocycles. The van der Waals surface area contributed by atoms with Crippen LogP contribution in [0.4, 0.5) is 21.0 Å². The lowest BCUT2D eigenvalue weighted by Crippen LogP contribution is -2.55. The number of carbonyl (C=O) groups is 6. The lowest BCUT2D eigenvalue weighted by molar-refractivity contribution is -0.141. The predicted octanol–water partition coefficient (Wildman–Crippen LogP) is 21.3. The predicted molar refractivity (Wildman–Crippen MR) is 525 cm³/mol. The molecule has 4 atom stereocenters. The number of urea groups is 2. The van der Waals surface area contributed by atoms with Crippen LogP contribution in [0.15, 0.2) is 272 Å². The summed E-state index contributed by atoms with van der Waals surface area (Å²) in [6.07, 6.45) is 8.04. The largest absolute Gasteiger partial charge is 0.494 e. The number of halogens is 1. The molecule has 131 heavy (non-hydrogen) atoms. The van der Waals surface area contributed by atoms with Gasteiger partial charge in [-0.2, -0.15) is 0 Å². The number of nitrogens with zero attached hydrogens (tertiary/aromatic N) is 8. The van der Waals surface area contributed by atoms with Crippen LogP contribution >= 0.6 is 11.6 Å². The molecule has 1 aromatic heterocycles. The number of anilines is 2. The third-order valence-corrected chi connectivity index (χ3v) is 25.2. The molecule has 0 spiro atoms. The highest BCUT2D eigenvalue weighted by Crippen LogP contribution is 2.34. The number of methoxy groups -OCH3 is 2. The van der Waals surface area contributed by atoms with Gasteiger partial charge in [0, 0.05) is 102 Å². The lowest BCUT2D eigenvalue weighted by Gasteiger charge is -2.42. The fourth-order valence-corrected chi connectivity index (χ4v) is 17.4. The number of likely N-dealkylation sites (tertiary alicyclic amines) is 1. The van der Waals surface area contributed by atoms with E-state index in [1.807, 2.05) is 217 Å². The normalized spacial score (nSPS) is 15.1. The van der Waals surface area contributed by atoms with E-state index in [4.69, 9.17) is 35.5 Å². The Balaban J connectivity index is 0.000000159. The SMILES string of the molecule is CC1CCN(C(=O)CCN(CCc2ccccc2)C(=O)C(Cl)c2ccccc2)CC1.CCOc1ccc(CN(C(=O)Nc2ccccc2)C2CCCCCC2=O)cc1.CCn1c(C(C)N2CCN(C(=O)COCc3ccccc3)C(C)C2)nc2ccccc2c1=O.COc1ccc(CCN(Cc2c3ccccc3cc3ccccc23)C(=O)Nc2ccc(C(C)C)cc2)cc1OC. The van der Waals surface area contributed by atoms with Gasteiger partial charge in [-0.15, -0.1) is 11.6 Å². The molecule has 3 heterocycles. The molecule has 2 saturated heterocycles. The van der Waals surface area contributed by atoms with Crippen LogP contribution in [0.2, 0.25) is 0 Å². The maximum Gasteiger partial charge on any atom is 0.322 e. The Morgan fingerprint density at radius 1 is 0.534 bits per heavy atom. The van der Waals surface area contributed by atoms with Crippen LogP contribution in [0.3, 0.4) is 0 Å². The molecule has 11 aromatic carbocycles. The maximum atomic E-state index is 13.8. The quantitative estimate of drug-likeness (QED) is 0.0243. The Morgan fingerprint density at radius 3 is 1.75 bits per heavy atom. The Labute approximate surface area is 777 Å². The molecule has 7 amide bonds. The number of hydrogen-bond donors (Lipinski definition) is 2. The van der Waals surface area contributed by atoms with Gasteiger partial charge in [0.15, 0.2) is 17.3 Å². The van der Waals surface area contributed by atoms with E-state index < -0.39 is 5.38 Å². The molecule has 0 bridgehead atoms. The summed E-state index contributed by atoms with van der Waals surface area (Å²) in [7, 11) is 3.27. The minimum absolute atomic E-state index is 0.00220. The number of Topliss-reactive ketones (excluding diaryl/α,β-unsaturated/α-hetero) is 1. The summed E-state index contributed by atoms with van der Waals surface area (Å²) in [5, 5.41) is 10.6. The topological polar surface area (TPSA) is 218 Å². The standard InChI is InChI=1S/C35H36N2O3.C26H32N4O3.C25H31ClN2O2.C23H28N2O3/c1-24(2)26-14-16-29(17-15-26)36-35(38)37(20-19-25-13-18-33(39-3)34(21-25)40-4)23-32-30-11-7-5-9-27(30)22-28-10-6-8-12-31(28)32;1-4-29-25(27-23-13-9-8-12-22(23)26(29)32)20(3)28-14-15-30(19(2)16-28)24(31)18-33-17-21-10-6-5-7-11-21;1-20-12-16-27(17-13-20)23(29)15-19-28(18-14-21-8-4-2-5-9-21)25(30)24(26)22-10-6-3-7-11-22;1-2-28-20-15-13-18(14-16-20)17-25(21-11-7-4-8-12-22(21)26)23(27)24-19-9-5-3-6-10-19/h5-18,21-22,24H,19-20,23H2,1-4H3,(H,36,38);5-13,19-20H,4,14-18H2,1-3H3;2-11,20,24H,12-19H2,1H3;3,5-6,9-10,13-16,21H,2,4,7-8,11-12,17H2,1H3,(H,24,27). The highest BCUT2D eigenvalue weighted by atomic mass is 35.5. The molecular formula is C109H127ClN10O11.